The lowest BCUT2D eigenvalue weighted by molar-refractivity contribution is -0.134. The van der Waals surface area contributed by atoms with Gasteiger partial charge in [-0.05, 0) is 123 Å². The standard InChI is InChI=1S/C45H45N7O12/c1-23(2)64-37-34(21-20-32(36(37)54)42(58)48-28-16-10-27(11-17-28)45(61)62)51-40(56)25-6-14-30(15-7-25)50-44(60)35(38(63-3)39(47)55)52-41(57)26-8-12-29(13-9-26)49-43(59)33(46)22-24-4-18-31(53)19-5-24/h4-21,23,33,35,38,53-54H,22,46H2,1-3H3,(H2,47,55)(H,48,58)(H,49,59)(H,50,60)(H,51,56)(H,52,57)(H,61,62)/t33?,35-,38+/m0/s1. The number of rotatable bonds is 18. The van der Waals surface area contributed by atoms with E-state index in [1.54, 1.807) is 26.0 Å². The first-order valence-electron chi connectivity index (χ1n) is 19.4. The molecule has 0 saturated carbocycles. The monoisotopic (exact) mass is 875 g/mol. The summed E-state index contributed by atoms with van der Waals surface area (Å²) in [5.41, 5.74) is 13.0. The van der Waals surface area contributed by atoms with Crippen LogP contribution in [-0.4, -0.2) is 88.1 Å². The molecule has 0 spiro atoms. The number of phenolic OH excluding ortho intramolecular Hbond substituents is 2. The summed E-state index contributed by atoms with van der Waals surface area (Å²) in [6, 6.07) is 22.8. The number of carboxylic acids is 1. The van der Waals surface area contributed by atoms with E-state index in [2.05, 4.69) is 26.6 Å². The first kappa shape index (κ1) is 46.8. The van der Waals surface area contributed by atoms with Crippen molar-refractivity contribution in [3.63, 3.8) is 0 Å². The molecule has 5 aromatic carbocycles. The molecule has 0 aliphatic rings. The van der Waals surface area contributed by atoms with Crippen molar-refractivity contribution < 1.29 is 58.4 Å². The number of aromatic carboxylic acids is 1. The predicted molar refractivity (Wildman–Crippen MR) is 234 cm³/mol. The molecule has 0 aromatic heterocycles. The fraction of sp³-hybridized carbons (Fsp3) is 0.178. The average Bonchev–Trinajstić information content (AvgIpc) is 3.25. The maximum Gasteiger partial charge on any atom is 0.335 e. The molecule has 19 heteroatoms. The first-order valence-corrected chi connectivity index (χ1v) is 19.4. The molecule has 0 heterocycles. The lowest BCUT2D eigenvalue weighted by atomic mass is 10.1. The van der Waals surface area contributed by atoms with E-state index in [1.807, 2.05) is 0 Å². The second-order valence-corrected chi connectivity index (χ2v) is 14.4. The summed E-state index contributed by atoms with van der Waals surface area (Å²) in [4.78, 5) is 89.5. The molecule has 0 bridgehead atoms. The Hall–Kier alpha value is -8.29. The van der Waals surface area contributed by atoms with Gasteiger partial charge in [-0.25, -0.2) is 4.79 Å². The summed E-state index contributed by atoms with van der Waals surface area (Å²) < 4.78 is 10.9. The molecule has 12 N–H and O–H groups in total. The van der Waals surface area contributed by atoms with Crippen molar-refractivity contribution in [3.05, 3.63) is 137 Å². The van der Waals surface area contributed by atoms with Crippen LogP contribution in [0.4, 0.5) is 22.7 Å². The number of hydrogen-bond donors (Lipinski definition) is 10. The second kappa shape index (κ2) is 21.0. The molecule has 1 unspecified atom stereocenters. The van der Waals surface area contributed by atoms with Crippen molar-refractivity contribution >= 4 is 64.2 Å². The van der Waals surface area contributed by atoms with Gasteiger partial charge in [0, 0.05) is 35.3 Å². The number of carbonyl (C=O) groups is 7. The third-order valence-corrected chi connectivity index (χ3v) is 9.33. The van der Waals surface area contributed by atoms with Gasteiger partial charge in [0.25, 0.3) is 17.7 Å². The van der Waals surface area contributed by atoms with Gasteiger partial charge in [0.05, 0.1) is 29.0 Å². The van der Waals surface area contributed by atoms with Crippen LogP contribution in [0.3, 0.4) is 0 Å². The minimum absolute atomic E-state index is 0.0144. The number of carboxylic acid groups (broad SMARTS) is 1. The van der Waals surface area contributed by atoms with Gasteiger partial charge < -0.3 is 62.8 Å². The number of anilines is 4. The largest absolute Gasteiger partial charge is 0.508 e. The average molecular weight is 876 g/mol. The summed E-state index contributed by atoms with van der Waals surface area (Å²) >= 11 is 0. The molecule has 0 fully saturated rings. The van der Waals surface area contributed by atoms with Gasteiger partial charge in [-0.2, -0.15) is 0 Å². The molecule has 332 valence electrons. The zero-order valence-corrected chi connectivity index (χ0v) is 34.6. The van der Waals surface area contributed by atoms with Crippen LogP contribution < -0.4 is 42.8 Å². The van der Waals surface area contributed by atoms with Crippen molar-refractivity contribution in [2.24, 2.45) is 11.5 Å². The quantitative estimate of drug-likeness (QED) is 0.0599. The molecule has 64 heavy (non-hydrogen) atoms. The Morgan fingerprint density at radius 3 is 1.66 bits per heavy atom. The second-order valence-electron chi connectivity index (χ2n) is 14.4. The van der Waals surface area contributed by atoms with E-state index in [1.165, 1.54) is 97.1 Å². The number of phenols is 2. The van der Waals surface area contributed by atoms with Crippen molar-refractivity contribution in [1.29, 1.82) is 0 Å². The summed E-state index contributed by atoms with van der Waals surface area (Å²) in [6.45, 7) is 3.34. The van der Waals surface area contributed by atoms with Gasteiger partial charge in [0.15, 0.2) is 17.6 Å². The molecular weight excluding hydrogens is 831 g/mol. The molecule has 3 atom stereocenters. The van der Waals surface area contributed by atoms with Gasteiger partial charge in [-0.15, -0.1) is 0 Å². The molecule has 6 amide bonds. The van der Waals surface area contributed by atoms with Gasteiger partial charge in [0.1, 0.15) is 11.8 Å². The highest BCUT2D eigenvalue weighted by Crippen LogP contribution is 2.39. The van der Waals surface area contributed by atoms with Crippen molar-refractivity contribution in [3.8, 4) is 17.2 Å². The van der Waals surface area contributed by atoms with Gasteiger partial charge >= 0.3 is 5.97 Å². The Morgan fingerprint density at radius 1 is 0.625 bits per heavy atom. The maximum absolute atomic E-state index is 13.6. The molecule has 0 saturated heterocycles. The Morgan fingerprint density at radius 2 is 1.14 bits per heavy atom. The Bertz CT molecular complexity index is 2530. The van der Waals surface area contributed by atoms with Crippen molar-refractivity contribution in [1.82, 2.24) is 5.32 Å². The summed E-state index contributed by atoms with van der Waals surface area (Å²) in [6.07, 6.45) is -1.90. The highest BCUT2D eigenvalue weighted by Gasteiger charge is 2.34. The number of methoxy groups -OCH3 is 1. The lowest BCUT2D eigenvalue weighted by Crippen LogP contribution is -2.56. The zero-order valence-electron chi connectivity index (χ0n) is 34.6. The molecular formula is C45H45N7O12. The molecule has 0 aliphatic heterocycles. The van der Waals surface area contributed by atoms with Crippen LogP contribution >= 0.6 is 0 Å². The van der Waals surface area contributed by atoms with Gasteiger partial charge in [0.2, 0.25) is 17.7 Å². The number of nitrogens with two attached hydrogens (primary N) is 2. The molecule has 5 aromatic rings. The summed E-state index contributed by atoms with van der Waals surface area (Å²) in [5, 5.41) is 42.6. The predicted octanol–water partition coefficient (Wildman–Crippen LogP) is 3.83. The molecule has 5 rings (SSSR count). The number of hydrogen-bond acceptors (Lipinski definition) is 12. The number of ether oxygens (including phenoxy) is 2. The Balaban J connectivity index is 1.23. The van der Waals surface area contributed by atoms with Crippen LogP contribution in [0.1, 0.15) is 60.8 Å². The van der Waals surface area contributed by atoms with E-state index in [9.17, 15) is 43.8 Å². The number of benzene rings is 5. The Kier molecular flexibility index (Phi) is 15.3. The van der Waals surface area contributed by atoms with Crippen LogP contribution in [0.5, 0.6) is 17.2 Å². The number of primary amides is 1. The van der Waals surface area contributed by atoms with Crippen LogP contribution in [0.15, 0.2) is 109 Å². The van der Waals surface area contributed by atoms with Crippen molar-refractivity contribution in [2.75, 3.05) is 28.4 Å². The van der Waals surface area contributed by atoms with E-state index in [4.69, 9.17) is 26.0 Å². The van der Waals surface area contributed by atoms with Crippen LogP contribution in [0.2, 0.25) is 0 Å². The number of amides is 6. The first-order chi connectivity index (χ1) is 30.4. The van der Waals surface area contributed by atoms with E-state index >= 15 is 0 Å². The number of aromatic hydroxyl groups is 2. The maximum atomic E-state index is 13.6. The van der Waals surface area contributed by atoms with E-state index in [0.29, 0.717) is 5.69 Å². The Labute approximate surface area is 365 Å². The van der Waals surface area contributed by atoms with E-state index in [0.717, 1.165) is 12.7 Å². The highest BCUT2D eigenvalue weighted by atomic mass is 16.5. The normalized spacial score (nSPS) is 12.2. The third-order valence-electron chi connectivity index (χ3n) is 9.33. The minimum Gasteiger partial charge on any atom is -0.508 e. The molecule has 0 radical (unpaired) electrons. The molecule has 0 aliphatic carbocycles. The minimum atomic E-state index is -1.63. The third kappa shape index (κ3) is 12.2. The van der Waals surface area contributed by atoms with Crippen LogP contribution in [0, 0.1) is 0 Å². The van der Waals surface area contributed by atoms with E-state index in [-0.39, 0.29) is 57.2 Å². The lowest BCUT2D eigenvalue weighted by Gasteiger charge is -2.24. The summed E-state index contributed by atoms with van der Waals surface area (Å²) in [5.74, 6) is -6.45. The van der Waals surface area contributed by atoms with Crippen LogP contribution in [-0.2, 0) is 25.5 Å². The SMILES string of the molecule is CO[C@@H](C(N)=O)[C@H](NC(=O)c1ccc(NC(=O)C(N)Cc2ccc(O)cc2)cc1)C(=O)Nc1ccc(C(=O)Nc2ccc(C(=O)Nc3ccc(C(=O)O)cc3)c(O)c2OC(C)C)cc1. The smallest absolute Gasteiger partial charge is 0.335 e. The van der Waals surface area contributed by atoms with E-state index < -0.39 is 71.5 Å². The zero-order chi connectivity index (χ0) is 46.7. The molecule has 19 nitrogen and oxygen atoms in total. The number of carbonyl (C=O) groups excluding carboxylic acids is 6. The van der Waals surface area contributed by atoms with Gasteiger partial charge in [-0.3, -0.25) is 28.8 Å². The summed E-state index contributed by atoms with van der Waals surface area (Å²) in [7, 11) is 1.13. The number of nitrogens with one attached hydrogen (secondary N) is 5. The van der Waals surface area contributed by atoms with Crippen LogP contribution in [0.25, 0.3) is 0 Å². The van der Waals surface area contributed by atoms with Gasteiger partial charge in [-0.1, -0.05) is 12.1 Å². The fourth-order valence-electron chi connectivity index (χ4n) is 6.06. The topological polar surface area (TPSA) is 311 Å². The highest BCUT2D eigenvalue weighted by molar-refractivity contribution is 6.10. The van der Waals surface area contributed by atoms with Crippen molar-refractivity contribution in [2.45, 2.75) is 44.6 Å². The fourth-order valence-corrected chi connectivity index (χ4v) is 6.06.